The summed E-state index contributed by atoms with van der Waals surface area (Å²) in [5, 5.41) is 19.7. The van der Waals surface area contributed by atoms with Crippen LogP contribution in [0.15, 0.2) is 47.6 Å². The van der Waals surface area contributed by atoms with Crippen molar-refractivity contribution in [2.45, 2.75) is 33.7 Å². The lowest BCUT2D eigenvalue weighted by Crippen LogP contribution is -2.29. The average molecular weight is 514 g/mol. The molecule has 1 aromatic heterocycles. The van der Waals surface area contributed by atoms with E-state index in [2.05, 4.69) is 15.6 Å². The Labute approximate surface area is 211 Å². The summed E-state index contributed by atoms with van der Waals surface area (Å²) in [4.78, 5) is 35.8. The van der Waals surface area contributed by atoms with Crippen LogP contribution in [0.25, 0.3) is 0 Å². The van der Waals surface area contributed by atoms with Crippen LogP contribution in [0.2, 0.25) is 5.02 Å². The fraction of sp³-hybridized carbons (Fsp3) is 0.250. The third-order valence-corrected chi connectivity index (χ3v) is 5.76. The topological polar surface area (TPSA) is 138 Å². The number of hydrogen-bond donors (Lipinski definition) is 1. The van der Waals surface area contributed by atoms with Crippen molar-refractivity contribution in [1.29, 1.82) is 0 Å². The van der Waals surface area contributed by atoms with Gasteiger partial charge in [0.05, 0.1) is 28.3 Å². The molecule has 0 aliphatic heterocycles. The minimum atomic E-state index is -0.838. The molecule has 0 bridgehead atoms. The number of nitro groups is 1. The van der Waals surface area contributed by atoms with Crippen molar-refractivity contribution in [3.63, 3.8) is 0 Å². The lowest BCUT2D eigenvalue weighted by Gasteiger charge is -2.13. The second kappa shape index (κ2) is 11.0. The van der Waals surface area contributed by atoms with Gasteiger partial charge in [0.25, 0.3) is 5.91 Å². The zero-order valence-electron chi connectivity index (χ0n) is 20.2. The highest BCUT2D eigenvalue weighted by molar-refractivity contribution is 6.33. The number of aromatic nitrogens is 2. The summed E-state index contributed by atoms with van der Waals surface area (Å²) in [6.45, 7) is 6.28. The van der Waals surface area contributed by atoms with Gasteiger partial charge in [0.15, 0.2) is 11.5 Å². The molecule has 0 radical (unpaired) electrons. The van der Waals surface area contributed by atoms with Gasteiger partial charge in [-0.1, -0.05) is 23.7 Å². The first-order valence-corrected chi connectivity index (χ1v) is 11.1. The maximum Gasteiger partial charge on any atom is 0.345 e. The second-order valence-corrected chi connectivity index (χ2v) is 8.21. The monoisotopic (exact) mass is 513 g/mol. The van der Waals surface area contributed by atoms with E-state index in [9.17, 15) is 19.7 Å². The molecule has 188 valence electrons. The molecule has 0 fully saturated rings. The van der Waals surface area contributed by atoms with E-state index >= 15 is 0 Å². The van der Waals surface area contributed by atoms with Crippen LogP contribution in [-0.4, -0.2) is 39.4 Å². The molecular weight excluding hydrogens is 490 g/mol. The lowest BCUT2D eigenvalue weighted by atomic mass is 10.1. The Balaban J connectivity index is 1.75. The smallest absolute Gasteiger partial charge is 0.345 e. The molecule has 1 heterocycles. The third kappa shape index (κ3) is 5.52. The van der Waals surface area contributed by atoms with Crippen molar-refractivity contribution in [3.05, 3.63) is 80.1 Å². The number of nitrogens with zero attached hydrogens (tertiary/aromatic N) is 4. The van der Waals surface area contributed by atoms with Crippen LogP contribution in [-0.2, 0) is 4.79 Å². The maximum absolute atomic E-state index is 12.6. The number of halogens is 1. The molecular formula is C24H24ClN5O6. The summed E-state index contributed by atoms with van der Waals surface area (Å²) in [6, 6.07) is 10.5. The fourth-order valence-corrected chi connectivity index (χ4v) is 3.67. The molecule has 2 aromatic carbocycles. The van der Waals surface area contributed by atoms with Gasteiger partial charge in [0, 0.05) is 5.56 Å². The van der Waals surface area contributed by atoms with E-state index in [1.54, 1.807) is 56.3 Å². The highest BCUT2D eigenvalue weighted by atomic mass is 35.5. The average Bonchev–Trinajstić information content (AvgIpc) is 3.15. The number of esters is 1. The van der Waals surface area contributed by atoms with E-state index in [1.807, 2.05) is 0 Å². The van der Waals surface area contributed by atoms with Crippen LogP contribution in [0, 0.1) is 24.0 Å². The molecule has 0 saturated heterocycles. The number of aryl methyl sites for hydroxylation is 1. The molecule has 1 N–H and O–H groups in total. The minimum absolute atomic E-state index is 0.128. The predicted octanol–water partition coefficient (Wildman–Crippen LogP) is 4.39. The normalized spacial score (nSPS) is 12.1. The minimum Gasteiger partial charge on any atom is -0.493 e. The zero-order chi connectivity index (χ0) is 26.6. The maximum atomic E-state index is 12.6. The predicted molar refractivity (Wildman–Crippen MR) is 133 cm³/mol. The van der Waals surface area contributed by atoms with Gasteiger partial charge < -0.3 is 9.47 Å². The summed E-state index contributed by atoms with van der Waals surface area (Å²) < 4.78 is 12.1. The van der Waals surface area contributed by atoms with Gasteiger partial charge in [-0.15, -0.1) is 0 Å². The van der Waals surface area contributed by atoms with E-state index < -0.39 is 22.8 Å². The number of methoxy groups -OCH3 is 1. The Bertz CT molecular complexity index is 1370. The quantitative estimate of drug-likeness (QED) is 0.155. The Morgan fingerprint density at radius 2 is 1.89 bits per heavy atom. The molecule has 1 unspecified atom stereocenters. The van der Waals surface area contributed by atoms with Crippen molar-refractivity contribution >= 4 is 34.9 Å². The van der Waals surface area contributed by atoms with Crippen molar-refractivity contribution in [2.75, 3.05) is 7.11 Å². The molecule has 1 amide bonds. The summed E-state index contributed by atoms with van der Waals surface area (Å²) in [6.07, 6.45) is 0. The standard InChI is InChI=1S/C24H24ClN5O6/c1-13(26-27-23(31)16(4)29-15(3)22(30(33)34)14(2)28-29)17-10-11-20(21(12-17)35-5)36-24(32)18-8-6-7-9-19(18)25/h6-12,16H,1-5H3,(H,27,31)/b26-13+. The molecule has 36 heavy (non-hydrogen) atoms. The molecule has 0 saturated carbocycles. The van der Waals surface area contributed by atoms with E-state index in [-0.39, 0.29) is 39.2 Å². The summed E-state index contributed by atoms with van der Waals surface area (Å²) >= 11 is 6.06. The molecule has 12 heteroatoms. The number of ether oxygens (including phenoxy) is 2. The molecule has 1 atom stereocenters. The van der Waals surface area contributed by atoms with Crippen LogP contribution in [0.5, 0.6) is 11.5 Å². The molecule has 0 aliphatic rings. The number of carbonyl (C=O) groups is 2. The molecule has 0 aliphatic carbocycles. The fourth-order valence-electron chi connectivity index (χ4n) is 3.46. The van der Waals surface area contributed by atoms with Gasteiger partial charge in [-0.05, 0) is 58.0 Å². The number of benzene rings is 2. The van der Waals surface area contributed by atoms with E-state index in [4.69, 9.17) is 21.1 Å². The number of hydrazone groups is 1. The van der Waals surface area contributed by atoms with Crippen molar-refractivity contribution in [2.24, 2.45) is 5.10 Å². The Hall–Kier alpha value is -4.25. The number of amides is 1. The molecule has 0 spiro atoms. The summed E-state index contributed by atoms with van der Waals surface area (Å²) in [7, 11) is 1.43. The second-order valence-electron chi connectivity index (χ2n) is 7.81. The molecule has 3 aromatic rings. The summed E-state index contributed by atoms with van der Waals surface area (Å²) in [5.41, 5.74) is 4.07. The van der Waals surface area contributed by atoms with Crippen molar-refractivity contribution < 1.29 is 24.0 Å². The Morgan fingerprint density at radius 3 is 2.50 bits per heavy atom. The van der Waals surface area contributed by atoms with Crippen molar-refractivity contribution in [1.82, 2.24) is 15.2 Å². The first kappa shape index (κ1) is 26.4. The van der Waals surface area contributed by atoms with E-state index in [0.29, 0.717) is 11.3 Å². The van der Waals surface area contributed by atoms with Crippen LogP contribution >= 0.6 is 11.6 Å². The van der Waals surface area contributed by atoms with Gasteiger partial charge in [-0.2, -0.15) is 10.2 Å². The lowest BCUT2D eigenvalue weighted by molar-refractivity contribution is -0.386. The van der Waals surface area contributed by atoms with Gasteiger partial charge in [0.1, 0.15) is 17.4 Å². The SMILES string of the molecule is COc1cc(/C(C)=N/NC(=O)C(C)n2nc(C)c([N+](=O)[O-])c2C)ccc1OC(=O)c1ccccc1Cl. The number of rotatable bonds is 8. The first-order valence-electron chi connectivity index (χ1n) is 10.7. The number of carbonyl (C=O) groups excluding carboxylic acids is 2. The Kier molecular flexibility index (Phi) is 8.05. The van der Waals surface area contributed by atoms with E-state index in [1.165, 1.54) is 25.6 Å². The van der Waals surface area contributed by atoms with Gasteiger partial charge in [-0.25, -0.2) is 10.2 Å². The van der Waals surface area contributed by atoms with Crippen LogP contribution in [0.4, 0.5) is 5.69 Å². The van der Waals surface area contributed by atoms with Crippen LogP contribution < -0.4 is 14.9 Å². The highest BCUT2D eigenvalue weighted by Crippen LogP contribution is 2.30. The van der Waals surface area contributed by atoms with Crippen LogP contribution in [0.1, 0.15) is 47.2 Å². The third-order valence-electron chi connectivity index (χ3n) is 5.43. The molecule has 3 rings (SSSR count). The van der Waals surface area contributed by atoms with Gasteiger partial charge in [0.2, 0.25) is 0 Å². The highest BCUT2D eigenvalue weighted by Gasteiger charge is 2.27. The zero-order valence-corrected chi connectivity index (χ0v) is 21.0. The van der Waals surface area contributed by atoms with Crippen molar-refractivity contribution in [3.8, 4) is 11.5 Å². The largest absolute Gasteiger partial charge is 0.493 e. The van der Waals surface area contributed by atoms with E-state index in [0.717, 1.165) is 0 Å². The first-order chi connectivity index (χ1) is 17.0. The number of nitrogens with one attached hydrogen (secondary N) is 1. The molecule has 11 nitrogen and oxygen atoms in total. The summed E-state index contributed by atoms with van der Waals surface area (Å²) in [5.74, 6) is -0.686. The Morgan fingerprint density at radius 1 is 1.19 bits per heavy atom. The number of hydrogen-bond acceptors (Lipinski definition) is 8. The van der Waals surface area contributed by atoms with Gasteiger partial charge in [-0.3, -0.25) is 19.6 Å². The van der Waals surface area contributed by atoms with Crippen LogP contribution in [0.3, 0.4) is 0 Å². The van der Waals surface area contributed by atoms with Gasteiger partial charge >= 0.3 is 11.7 Å².